The van der Waals surface area contributed by atoms with Crippen molar-refractivity contribution in [2.45, 2.75) is 50.7 Å². The van der Waals surface area contributed by atoms with E-state index in [-0.39, 0.29) is 17.6 Å². The average molecular weight is 469 g/mol. The van der Waals surface area contributed by atoms with Gasteiger partial charge in [-0.05, 0) is 62.6 Å². The summed E-state index contributed by atoms with van der Waals surface area (Å²) in [6.45, 7) is 1.52. The number of carbonyl (C=O) groups is 1. The van der Waals surface area contributed by atoms with Crippen LogP contribution in [0.3, 0.4) is 0 Å². The molecule has 1 N–H and O–H groups in total. The maximum absolute atomic E-state index is 12.7. The summed E-state index contributed by atoms with van der Waals surface area (Å²) in [5, 5.41) is 3.05. The highest BCUT2D eigenvalue weighted by Gasteiger charge is 2.31. The van der Waals surface area contributed by atoms with Gasteiger partial charge < -0.3 is 5.32 Å². The molecule has 2 aliphatic rings. The first-order valence-corrected chi connectivity index (χ1v) is 12.5. The van der Waals surface area contributed by atoms with Crippen molar-refractivity contribution in [3.05, 3.63) is 46.0 Å². The van der Waals surface area contributed by atoms with Crippen molar-refractivity contribution in [3.8, 4) is 0 Å². The quantitative estimate of drug-likeness (QED) is 0.614. The van der Waals surface area contributed by atoms with Gasteiger partial charge in [-0.2, -0.15) is 0 Å². The summed E-state index contributed by atoms with van der Waals surface area (Å²) < 4.78 is 27.8. The highest BCUT2D eigenvalue weighted by Crippen LogP contribution is 2.23. The van der Waals surface area contributed by atoms with Crippen LogP contribution in [0.25, 0.3) is 0 Å². The molecule has 1 aromatic carbocycles. The van der Waals surface area contributed by atoms with Gasteiger partial charge in [0.1, 0.15) is 0 Å². The summed E-state index contributed by atoms with van der Waals surface area (Å²) in [7, 11) is -3.35. The molecular formula is C21H29BrN2O3S. The zero-order valence-corrected chi connectivity index (χ0v) is 18.6. The van der Waals surface area contributed by atoms with Gasteiger partial charge in [-0.1, -0.05) is 39.7 Å². The third kappa shape index (κ3) is 6.16. The van der Waals surface area contributed by atoms with E-state index in [4.69, 9.17) is 0 Å². The summed E-state index contributed by atoms with van der Waals surface area (Å²) >= 11 is 3.36. The van der Waals surface area contributed by atoms with Gasteiger partial charge in [-0.3, -0.25) is 4.79 Å². The Balaban J connectivity index is 1.43. The van der Waals surface area contributed by atoms with E-state index in [1.807, 2.05) is 24.3 Å². The molecule has 0 aromatic heterocycles. The Morgan fingerprint density at radius 1 is 1.14 bits per heavy atom. The monoisotopic (exact) mass is 468 g/mol. The van der Waals surface area contributed by atoms with Gasteiger partial charge in [0.05, 0.1) is 5.75 Å². The fourth-order valence-electron chi connectivity index (χ4n) is 3.90. The highest BCUT2D eigenvalue weighted by atomic mass is 79.9. The molecule has 0 saturated carbocycles. The first kappa shape index (κ1) is 21.5. The standard InChI is InChI=1S/C21H29BrN2O3S/c22-20-8-6-18(7-9-20)16-28(26,27)24-14-11-19(12-15-24)21(25)23-13-10-17-4-2-1-3-5-17/h4,6-9,19H,1-3,5,10-16H2,(H,23,25). The van der Waals surface area contributed by atoms with Crippen molar-refractivity contribution in [1.82, 2.24) is 9.62 Å². The van der Waals surface area contributed by atoms with Crippen molar-refractivity contribution in [1.29, 1.82) is 0 Å². The van der Waals surface area contributed by atoms with Gasteiger partial charge in [-0.15, -0.1) is 0 Å². The molecule has 1 heterocycles. The van der Waals surface area contributed by atoms with Gasteiger partial charge >= 0.3 is 0 Å². The number of nitrogens with one attached hydrogen (secondary N) is 1. The zero-order valence-electron chi connectivity index (χ0n) is 16.2. The van der Waals surface area contributed by atoms with Crippen LogP contribution in [-0.4, -0.2) is 38.3 Å². The predicted molar refractivity (Wildman–Crippen MR) is 115 cm³/mol. The minimum Gasteiger partial charge on any atom is -0.356 e. The smallest absolute Gasteiger partial charge is 0.223 e. The summed E-state index contributed by atoms with van der Waals surface area (Å²) in [4.78, 5) is 12.4. The van der Waals surface area contributed by atoms with Crippen LogP contribution in [0.1, 0.15) is 50.5 Å². The van der Waals surface area contributed by atoms with Crippen LogP contribution in [-0.2, 0) is 20.6 Å². The second-order valence-electron chi connectivity index (χ2n) is 7.71. The molecule has 154 valence electrons. The topological polar surface area (TPSA) is 66.5 Å². The number of nitrogens with zero attached hydrogens (tertiary/aromatic N) is 1. The molecule has 1 aliphatic carbocycles. The summed E-state index contributed by atoms with van der Waals surface area (Å²) in [5.74, 6) is -0.00691. The lowest BCUT2D eigenvalue weighted by molar-refractivity contribution is -0.126. The van der Waals surface area contributed by atoms with Crippen molar-refractivity contribution in [3.63, 3.8) is 0 Å². The number of hydrogen-bond donors (Lipinski definition) is 1. The van der Waals surface area contributed by atoms with E-state index in [0.29, 0.717) is 32.5 Å². The maximum atomic E-state index is 12.7. The number of hydrogen-bond acceptors (Lipinski definition) is 3. The molecule has 5 nitrogen and oxygen atoms in total. The molecule has 7 heteroatoms. The first-order chi connectivity index (χ1) is 13.4. The minimum absolute atomic E-state index is 0.00621. The molecule has 0 radical (unpaired) electrons. The second kappa shape index (κ2) is 10.0. The van der Waals surface area contributed by atoms with Crippen molar-refractivity contribution < 1.29 is 13.2 Å². The van der Waals surface area contributed by atoms with E-state index in [0.717, 1.165) is 29.3 Å². The molecule has 28 heavy (non-hydrogen) atoms. The second-order valence-corrected chi connectivity index (χ2v) is 10.6. The lowest BCUT2D eigenvalue weighted by atomic mass is 9.96. The third-order valence-electron chi connectivity index (χ3n) is 5.61. The van der Waals surface area contributed by atoms with E-state index in [9.17, 15) is 13.2 Å². The van der Waals surface area contributed by atoms with Gasteiger partial charge in [0.25, 0.3) is 0 Å². The number of allylic oxidation sites excluding steroid dienone is 1. The number of rotatable bonds is 7. The lowest BCUT2D eigenvalue weighted by Gasteiger charge is -2.30. The van der Waals surface area contributed by atoms with Crippen LogP contribution in [0.4, 0.5) is 0 Å². The maximum Gasteiger partial charge on any atom is 0.223 e. The molecular weight excluding hydrogens is 440 g/mol. The molecule has 1 amide bonds. The number of sulfonamides is 1. The zero-order chi connectivity index (χ0) is 20.0. The normalized spacial score (nSPS) is 19.2. The van der Waals surface area contributed by atoms with Gasteiger partial charge in [0.2, 0.25) is 15.9 Å². The fourth-order valence-corrected chi connectivity index (χ4v) is 5.73. The minimum atomic E-state index is -3.35. The van der Waals surface area contributed by atoms with Gasteiger partial charge in [-0.25, -0.2) is 12.7 Å². The molecule has 0 bridgehead atoms. The van der Waals surface area contributed by atoms with E-state index in [1.54, 1.807) is 0 Å². The summed E-state index contributed by atoms with van der Waals surface area (Å²) in [5.41, 5.74) is 2.24. The summed E-state index contributed by atoms with van der Waals surface area (Å²) in [6, 6.07) is 7.35. The predicted octanol–water partition coefficient (Wildman–Crippen LogP) is 4.00. The van der Waals surface area contributed by atoms with Crippen LogP contribution >= 0.6 is 15.9 Å². The van der Waals surface area contributed by atoms with Gasteiger partial charge in [0.15, 0.2) is 0 Å². The number of halogens is 1. The molecule has 0 atom stereocenters. The molecule has 0 unspecified atom stereocenters. The van der Waals surface area contributed by atoms with E-state index in [1.165, 1.54) is 22.7 Å². The van der Waals surface area contributed by atoms with E-state index < -0.39 is 10.0 Å². The molecule has 1 fully saturated rings. The van der Waals surface area contributed by atoms with Crippen molar-refractivity contribution >= 4 is 31.9 Å². The Morgan fingerprint density at radius 3 is 2.50 bits per heavy atom. The van der Waals surface area contributed by atoms with Crippen LogP contribution in [0, 0.1) is 5.92 Å². The van der Waals surface area contributed by atoms with Crippen LogP contribution < -0.4 is 5.32 Å². The molecule has 1 aliphatic heterocycles. The molecule has 3 rings (SSSR count). The number of benzene rings is 1. The SMILES string of the molecule is O=C(NCCC1=CCCCC1)C1CCN(S(=O)(=O)Cc2ccc(Br)cc2)CC1. The van der Waals surface area contributed by atoms with Crippen LogP contribution in [0.5, 0.6) is 0 Å². The molecule has 1 aromatic rings. The average Bonchev–Trinajstić information content (AvgIpc) is 2.70. The number of piperidine rings is 1. The lowest BCUT2D eigenvalue weighted by Crippen LogP contribution is -2.43. The fraction of sp³-hybridized carbons (Fsp3) is 0.571. The Morgan fingerprint density at radius 2 is 1.86 bits per heavy atom. The van der Waals surface area contributed by atoms with Crippen molar-refractivity contribution in [2.75, 3.05) is 19.6 Å². The largest absolute Gasteiger partial charge is 0.356 e. The molecule has 1 saturated heterocycles. The van der Waals surface area contributed by atoms with Crippen LogP contribution in [0.2, 0.25) is 0 Å². The van der Waals surface area contributed by atoms with Gasteiger partial charge in [0, 0.05) is 30.0 Å². The Kier molecular flexibility index (Phi) is 7.71. The summed E-state index contributed by atoms with van der Waals surface area (Å²) in [6.07, 6.45) is 9.28. The first-order valence-electron chi connectivity index (χ1n) is 10.1. The van der Waals surface area contributed by atoms with Crippen molar-refractivity contribution in [2.24, 2.45) is 5.92 Å². The Bertz CT molecular complexity index is 797. The van der Waals surface area contributed by atoms with E-state index >= 15 is 0 Å². The van der Waals surface area contributed by atoms with Crippen LogP contribution in [0.15, 0.2) is 40.4 Å². The van der Waals surface area contributed by atoms with E-state index in [2.05, 4.69) is 27.3 Å². The number of amides is 1. The number of carbonyl (C=O) groups excluding carboxylic acids is 1. The third-order valence-corrected chi connectivity index (χ3v) is 7.99. The Labute approximate surface area is 176 Å². The highest BCUT2D eigenvalue weighted by molar-refractivity contribution is 9.10. The molecule has 0 spiro atoms. The Hall–Kier alpha value is -1.18.